The molecule has 1 N–H and O–H groups in total. The zero-order valence-electron chi connectivity index (χ0n) is 16.6. The molecule has 1 atom stereocenters. The monoisotopic (exact) mass is 406 g/mol. The summed E-state index contributed by atoms with van der Waals surface area (Å²) >= 11 is 0. The smallest absolute Gasteiger partial charge is 0.226 e. The quantitative estimate of drug-likeness (QED) is 0.666. The Kier molecular flexibility index (Phi) is 4.53. The van der Waals surface area contributed by atoms with Crippen molar-refractivity contribution in [2.75, 3.05) is 31.6 Å². The summed E-state index contributed by atoms with van der Waals surface area (Å²) in [7, 11) is 1.83. The number of amides is 2. The Morgan fingerprint density at radius 2 is 2.10 bits per heavy atom. The number of carbonyl (C=O) groups is 2. The van der Waals surface area contributed by atoms with Crippen LogP contribution in [-0.4, -0.2) is 74.2 Å². The highest BCUT2D eigenvalue weighted by Gasteiger charge is 2.37. The third-order valence-electron chi connectivity index (χ3n) is 5.85. The molecule has 10 nitrogen and oxygen atoms in total. The maximum absolute atomic E-state index is 12.7. The Morgan fingerprint density at radius 3 is 2.87 bits per heavy atom. The maximum Gasteiger partial charge on any atom is 0.226 e. The second kappa shape index (κ2) is 7.36. The highest BCUT2D eigenvalue weighted by Crippen LogP contribution is 2.25. The van der Waals surface area contributed by atoms with Gasteiger partial charge in [0.15, 0.2) is 11.5 Å². The van der Waals surface area contributed by atoms with E-state index in [0.717, 1.165) is 11.4 Å². The molecule has 5 rings (SSSR count). The van der Waals surface area contributed by atoms with Gasteiger partial charge in [0.1, 0.15) is 5.82 Å². The normalized spacial score (nSPS) is 19.4. The molecule has 2 amide bonds. The molecule has 10 heteroatoms. The van der Waals surface area contributed by atoms with Crippen LogP contribution >= 0.6 is 0 Å². The van der Waals surface area contributed by atoms with Crippen LogP contribution in [0.4, 0.5) is 5.82 Å². The molecule has 0 aromatic carbocycles. The number of piperidine rings is 1. The van der Waals surface area contributed by atoms with Crippen LogP contribution in [0.1, 0.15) is 12.8 Å². The van der Waals surface area contributed by atoms with Gasteiger partial charge >= 0.3 is 0 Å². The van der Waals surface area contributed by atoms with Crippen LogP contribution in [0.25, 0.3) is 17.0 Å². The highest BCUT2D eigenvalue weighted by atomic mass is 16.2. The summed E-state index contributed by atoms with van der Waals surface area (Å²) in [5.74, 6) is 1.24. The van der Waals surface area contributed by atoms with E-state index in [1.165, 1.54) is 0 Å². The minimum absolute atomic E-state index is 0.0425. The van der Waals surface area contributed by atoms with Gasteiger partial charge in [-0.25, -0.2) is 0 Å². The fourth-order valence-corrected chi connectivity index (χ4v) is 3.97. The largest absolute Gasteiger partial charge is 0.356 e. The second-order valence-corrected chi connectivity index (χ2v) is 7.77. The molecule has 2 aliphatic rings. The summed E-state index contributed by atoms with van der Waals surface area (Å²) in [6, 6.07) is 7.68. The molecule has 0 spiro atoms. The topological polar surface area (TPSA) is 109 Å². The van der Waals surface area contributed by atoms with E-state index in [-0.39, 0.29) is 30.2 Å². The molecule has 0 bridgehead atoms. The second-order valence-electron chi connectivity index (χ2n) is 7.77. The Balaban J connectivity index is 1.29. The lowest BCUT2D eigenvalue weighted by Gasteiger charge is -2.45. The summed E-state index contributed by atoms with van der Waals surface area (Å²) in [5, 5.41) is 15.9. The molecular formula is C20H22N8O2. The Labute approximate surface area is 172 Å². The van der Waals surface area contributed by atoms with Crippen LogP contribution in [0.15, 0.2) is 36.7 Å². The molecule has 2 fully saturated rings. The van der Waals surface area contributed by atoms with Gasteiger partial charge in [-0.1, -0.05) is 0 Å². The average Bonchev–Trinajstić information content (AvgIpc) is 3.16. The number of likely N-dealkylation sites (N-methyl/N-ethyl adjacent to an activating group) is 1. The number of nitrogens with zero attached hydrogens (tertiary/aromatic N) is 7. The molecule has 30 heavy (non-hydrogen) atoms. The number of carbonyl (C=O) groups excluding carboxylic acids is 2. The molecule has 0 saturated carbocycles. The fourth-order valence-electron chi connectivity index (χ4n) is 3.97. The van der Waals surface area contributed by atoms with E-state index in [0.29, 0.717) is 37.5 Å². The molecule has 1 unspecified atom stereocenters. The average molecular weight is 406 g/mol. The van der Waals surface area contributed by atoms with Gasteiger partial charge in [0.2, 0.25) is 11.8 Å². The molecule has 154 valence electrons. The van der Waals surface area contributed by atoms with E-state index in [9.17, 15) is 9.59 Å². The number of rotatable bonds is 4. The first-order valence-electron chi connectivity index (χ1n) is 10.0. The van der Waals surface area contributed by atoms with Crippen molar-refractivity contribution < 1.29 is 9.59 Å². The van der Waals surface area contributed by atoms with Crippen molar-refractivity contribution in [3.05, 3.63) is 36.7 Å². The highest BCUT2D eigenvalue weighted by molar-refractivity contribution is 5.87. The molecular weight excluding hydrogens is 384 g/mol. The van der Waals surface area contributed by atoms with Crippen molar-refractivity contribution in [2.45, 2.75) is 18.9 Å². The fraction of sp³-hybridized carbons (Fsp3) is 0.400. The third-order valence-corrected chi connectivity index (χ3v) is 5.85. The van der Waals surface area contributed by atoms with Crippen LogP contribution in [0.5, 0.6) is 0 Å². The van der Waals surface area contributed by atoms with Crippen molar-refractivity contribution >= 4 is 23.3 Å². The van der Waals surface area contributed by atoms with Crippen LogP contribution in [0.3, 0.4) is 0 Å². The maximum atomic E-state index is 12.7. The van der Waals surface area contributed by atoms with Crippen LogP contribution in [-0.2, 0) is 9.59 Å². The first-order chi connectivity index (χ1) is 14.6. The molecule has 5 heterocycles. The summed E-state index contributed by atoms with van der Waals surface area (Å²) < 4.78 is 1.72. The first kappa shape index (κ1) is 18.5. The summed E-state index contributed by atoms with van der Waals surface area (Å²) in [4.78, 5) is 32.4. The Hall–Kier alpha value is -3.56. The number of pyridine rings is 1. The van der Waals surface area contributed by atoms with Gasteiger partial charge in [0, 0.05) is 57.0 Å². The van der Waals surface area contributed by atoms with Crippen LogP contribution in [0.2, 0.25) is 0 Å². The van der Waals surface area contributed by atoms with Gasteiger partial charge in [-0.05, 0) is 30.7 Å². The van der Waals surface area contributed by atoms with Crippen LogP contribution in [0, 0.1) is 5.92 Å². The number of nitrogens with one attached hydrogen (secondary N) is 1. The van der Waals surface area contributed by atoms with Gasteiger partial charge in [0.05, 0.1) is 6.04 Å². The molecule has 2 aliphatic heterocycles. The van der Waals surface area contributed by atoms with Crippen molar-refractivity contribution in [1.29, 1.82) is 0 Å². The molecule has 2 saturated heterocycles. The Bertz CT molecular complexity index is 1090. The van der Waals surface area contributed by atoms with E-state index in [1.807, 2.05) is 31.3 Å². The van der Waals surface area contributed by atoms with E-state index in [4.69, 9.17) is 5.10 Å². The van der Waals surface area contributed by atoms with E-state index < -0.39 is 0 Å². The summed E-state index contributed by atoms with van der Waals surface area (Å²) in [5.41, 5.74) is 1.51. The predicted octanol–water partition coefficient (Wildman–Crippen LogP) is 0.360. The van der Waals surface area contributed by atoms with Gasteiger partial charge in [0.25, 0.3) is 0 Å². The number of fused-ring (bicyclic) bond motifs is 1. The number of hydrogen-bond donors (Lipinski definition) is 1. The lowest BCUT2D eigenvalue weighted by atomic mass is 9.94. The number of anilines is 1. The minimum Gasteiger partial charge on any atom is -0.356 e. The predicted molar refractivity (Wildman–Crippen MR) is 109 cm³/mol. The minimum atomic E-state index is -0.216. The number of hydrogen-bond acceptors (Lipinski definition) is 7. The lowest BCUT2D eigenvalue weighted by Crippen LogP contribution is -2.61. The summed E-state index contributed by atoms with van der Waals surface area (Å²) in [6.45, 7) is 1.97. The lowest BCUT2D eigenvalue weighted by molar-refractivity contribution is -0.141. The molecule has 3 aromatic rings. The van der Waals surface area contributed by atoms with Crippen molar-refractivity contribution in [3.63, 3.8) is 0 Å². The van der Waals surface area contributed by atoms with Crippen molar-refractivity contribution in [1.82, 2.24) is 35.0 Å². The number of aromatic nitrogens is 5. The first-order valence-corrected chi connectivity index (χ1v) is 10.0. The van der Waals surface area contributed by atoms with Gasteiger partial charge in [-0.15, -0.1) is 15.3 Å². The van der Waals surface area contributed by atoms with Gasteiger partial charge in [-0.2, -0.15) is 4.52 Å². The Morgan fingerprint density at radius 1 is 1.23 bits per heavy atom. The third kappa shape index (κ3) is 3.23. The molecule has 3 aromatic heterocycles. The van der Waals surface area contributed by atoms with Gasteiger partial charge in [-0.3, -0.25) is 14.6 Å². The van der Waals surface area contributed by atoms with E-state index in [1.54, 1.807) is 21.8 Å². The zero-order chi connectivity index (χ0) is 20.7. The molecule has 0 radical (unpaired) electrons. The van der Waals surface area contributed by atoms with E-state index >= 15 is 0 Å². The van der Waals surface area contributed by atoms with Crippen molar-refractivity contribution in [3.8, 4) is 11.4 Å². The standard InChI is InChI=1S/C20H22N8O2/c1-26(20(30)13-6-8-22-18(29)9-13)15-11-27(12-15)17-5-4-16-23-24-19(28(16)25-17)14-3-2-7-21-10-14/h2-5,7,10,13,15H,6,8-9,11-12H2,1H3,(H,22,29). The SMILES string of the molecule is CN(C(=O)C1CCNC(=O)C1)C1CN(c2ccc3nnc(-c4cccnc4)n3n2)C1. The van der Waals surface area contributed by atoms with Crippen molar-refractivity contribution in [2.24, 2.45) is 5.92 Å². The zero-order valence-corrected chi connectivity index (χ0v) is 16.6. The van der Waals surface area contributed by atoms with Crippen LogP contribution < -0.4 is 10.2 Å². The molecule has 0 aliphatic carbocycles. The summed E-state index contributed by atoms with van der Waals surface area (Å²) in [6.07, 6.45) is 4.43. The van der Waals surface area contributed by atoms with E-state index in [2.05, 4.69) is 25.4 Å². The van der Waals surface area contributed by atoms with Gasteiger partial charge < -0.3 is 15.1 Å².